The number of hydrogen-bond donors (Lipinski definition) is 1. The van der Waals surface area contributed by atoms with E-state index < -0.39 is 16.0 Å². The SMILES string of the molecule is N#Cc1cc(S(=O)(=O)N2CC3(CC(C(=O)O)C3)C2)ccc1Cl. The molecule has 1 aromatic carbocycles. The number of nitriles is 1. The van der Waals surface area contributed by atoms with Crippen molar-refractivity contribution in [2.75, 3.05) is 13.1 Å². The lowest BCUT2D eigenvalue weighted by Crippen LogP contribution is -2.64. The van der Waals surface area contributed by atoms with E-state index >= 15 is 0 Å². The number of rotatable bonds is 3. The average Bonchev–Trinajstić information content (AvgIpc) is 2.35. The molecule has 2 fully saturated rings. The zero-order valence-electron chi connectivity index (χ0n) is 11.5. The summed E-state index contributed by atoms with van der Waals surface area (Å²) in [5.74, 6) is -1.17. The molecule has 0 aromatic heterocycles. The third-order valence-corrected chi connectivity index (χ3v) is 6.54. The number of nitrogens with zero attached hydrogens (tertiary/aromatic N) is 2. The highest BCUT2D eigenvalue weighted by atomic mass is 35.5. The van der Waals surface area contributed by atoms with Crippen LogP contribution in [0, 0.1) is 22.7 Å². The Balaban J connectivity index is 1.74. The minimum atomic E-state index is -3.66. The van der Waals surface area contributed by atoms with Gasteiger partial charge in [-0.1, -0.05) is 11.6 Å². The summed E-state index contributed by atoms with van der Waals surface area (Å²) >= 11 is 5.81. The molecule has 22 heavy (non-hydrogen) atoms. The number of sulfonamides is 1. The fraction of sp³-hybridized carbons (Fsp3) is 0.429. The second-order valence-corrected chi connectivity index (χ2v) is 8.32. The van der Waals surface area contributed by atoms with Crippen LogP contribution in [0.2, 0.25) is 5.02 Å². The first-order valence-corrected chi connectivity index (χ1v) is 8.52. The van der Waals surface area contributed by atoms with Gasteiger partial charge in [0.15, 0.2) is 0 Å². The van der Waals surface area contributed by atoms with Crippen LogP contribution in [0.4, 0.5) is 0 Å². The quantitative estimate of drug-likeness (QED) is 0.902. The predicted molar refractivity (Wildman–Crippen MR) is 77.7 cm³/mol. The van der Waals surface area contributed by atoms with Crippen LogP contribution in [0.3, 0.4) is 0 Å². The van der Waals surface area contributed by atoms with Crippen LogP contribution in [0.15, 0.2) is 23.1 Å². The minimum absolute atomic E-state index is 0.0393. The highest BCUT2D eigenvalue weighted by Crippen LogP contribution is 2.53. The zero-order chi connectivity index (χ0) is 16.1. The first-order valence-electron chi connectivity index (χ1n) is 6.70. The van der Waals surface area contributed by atoms with Gasteiger partial charge in [0.25, 0.3) is 0 Å². The summed E-state index contributed by atoms with van der Waals surface area (Å²) in [5.41, 5.74) is -0.0618. The van der Waals surface area contributed by atoms with E-state index in [0.29, 0.717) is 25.9 Å². The molecule has 0 unspecified atom stereocenters. The van der Waals surface area contributed by atoms with E-state index in [9.17, 15) is 13.2 Å². The highest BCUT2D eigenvalue weighted by molar-refractivity contribution is 7.89. The Bertz CT molecular complexity index is 786. The van der Waals surface area contributed by atoms with E-state index in [2.05, 4.69) is 0 Å². The largest absolute Gasteiger partial charge is 0.481 e. The van der Waals surface area contributed by atoms with Crippen LogP contribution in [0.5, 0.6) is 0 Å². The fourth-order valence-electron chi connectivity index (χ4n) is 3.19. The molecule has 1 aromatic rings. The van der Waals surface area contributed by atoms with Gasteiger partial charge in [-0.25, -0.2) is 8.42 Å². The number of carbonyl (C=O) groups is 1. The monoisotopic (exact) mass is 340 g/mol. The van der Waals surface area contributed by atoms with Crippen LogP contribution >= 0.6 is 11.6 Å². The summed E-state index contributed by atoms with van der Waals surface area (Å²) in [6, 6.07) is 5.90. The van der Waals surface area contributed by atoms with Gasteiger partial charge in [0, 0.05) is 13.1 Å². The summed E-state index contributed by atoms with van der Waals surface area (Å²) in [4.78, 5) is 10.9. The molecule has 2 aliphatic rings. The second kappa shape index (κ2) is 4.95. The maximum atomic E-state index is 12.5. The Morgan fingerprint density at radius 2 is 2.05 bits per heavy atom. The maximum absolute atomic E-state index is 12.5. The summed E-state index contributed by atoms with van der Waals surface area (Å²) in [5, 5.41) is 18.0. The summed E-state index contributed by atoms with van der Waals surface area (Å²) in [7, 11) is -3.66. The number of halogens is 1. The van der Waals surface area contributed by atoms with Gasteiger partial charge >= 0.3 is 5.97 Å². The molecule has 3 rings (SSSR count). The van der Waals surface area contributed by atoms with Crippen molar-refractivity contribution in [3.8, 4) is 6.07 Å². The number of aliphatic carboxylic acids is 1. The van der Waals surface area contributed by atoms with Crippen LogP contribution in [-0.2, 0) is 14.8 Å². The molecule has 1 aliphatic heterocycles. The van der Waals surface area contributed by atoms with Gasteiger partial charge in [-0.15, -0.1) is 0 Å². The minimum Gasteiger partial charge on any atom is -0.481 e. The van der Waals surface area contributed by atoms with Crippen LogP contribution in [0.1, 0.15) is 18.4 Å². The molecule has 1 saturated carbocycles. The summed E-state index contributed by atoms with van der Waals surface area (Å²) in [6.07, 6.45) is 1.05. The summed E-state index contributed by atoms with van der Waals surface area (Å²) in [6.45, 7) is 0.674. The van der Waals surface area contributed by atoms with E-state index in [4.69, 9.17) is 22.0 Å². The number of carboxylic acids is 1. The standard InChI is InChI=1S/C14H13ClN2O4S/c15-12-2-1-11(3-9(12)6-16)22(20,21)17-7-14(8-17)4-10(5-14)13(18)19/h1-3,10H,4-5,7-8H2,(H,18,19). The number of hydrogen-bond acceptors (Lipinski definition) is 4. The Hall–Kier alpha value is -1.62. The summed E-state index contributed by atoms with van der Waals surface area (Å²) < 4.78 is 26.3. The molecule has 116 valence electrons. The highest BCUT2D eigenvalue weighted by Gasteiger charge is 2.57. The molecule has 1 heterocycles. The molecule has 0 radical (unpaired) electrons. The second-order valence-electron chi connectivity index (χ2n) is 5.97. The van der Waals surface area contributed by atoms with E-state index in [-0.39, 0.29) is 26.8 Å². The molecule has 0 atom stereocenters. The Morgan fingerprint density at radius 3 is 2.59 bits per heavy atom. The van der Waals surface area contributed by atoms with Crippen molar-refractivity contribution in [1.82, 2.24) is 4.31 Å². The van der Waals surface area contributed by atoms with Crippen molar-refractivity contribution < 1.29 is 18.3 Å². The normalized spacial score (nSPS) is 20.9. The van der Waals surface area contributed by atoms with E-state index in [1.807, 2.05) is 6.07 Å². The van der Waals surface area contributed by atoms with E-state index in [1.54, 1.807) is 0 Å². The zero-order valence-corrected chi connectivity index (χ0v) is 13.1. The predicted octanol–water partition coefficient (Wildman–Crippen LogP) is 1.70. The molecular formula is C14H13ClN2O4S. The van der Waals surface area contributed by atoms with Crippen molar-refractivity contribution >= 4 is 27.6 Å². The van der Waals surface area contributed by atoms with Crippen molar-refractivity contribution in [3.05, 3.63) is 28.8 Å². The van der Waals surface area contributed by atoms with Gasteiger partial charge in [-0.3, -0.25) is 4.79 Å². The van der Waals surface area contributed by atoms with Gasteiger partial charge in [0.2, 0.25) is 10.0 Å². The molecule has 1 aliphatic carbocycles. The van der Waals surface area contributed by atoms with Crippen molar-refractivity contribution in [1.29, 1.82) is 5.26 Å². The third-order valence-electron chi connectivity index (χ3n) is 4.43. The Kier molecular flexibility index (Phi) is 3.44. The number of benzene rings is 1. The van der Waals surface area contributed by atoms with Gasteiger partial charge in [0.05, 0.1) is 21.4 Å². The van der Waals surface area contributed by atoms with Gasteiger partial charge in [-0.05, 0) is 36.5 Å². The van der Waals surface area contributed by atoms with Crippen LogP contribution in [-0.4, -0.2) is 36.9 Å². The maximum Gasteiger partial charge on any atom is 0.306 e. The molecule has 1 spiro atoms. The first-order chi connectivity index (χ1) is 10.3. The molecule has 8 heteroatoms. The lowest BCUT2D eigenvalue weighted by molar-refractivity contribution is -0.155. The average molecular weight is 341 g/mol. The lowest BCUT2D eigenvalue weighted by atomic mass is 9.58. The number of carboxylic acid groups (broad SMARTS) is 1. The molecule has 0 bridgehead atoms. The van der Waals surface area contributed by atoms with E-state index in [1.165, 1.54) is 22.5 Å². The van der Waals surface area contributed by atoms with Crippen molar-refractivity contribution in [2.45, 2.75) is 17.7 Å². The molecule has 0 amide bonds. The van der Waals surface area contributed by atoms with Crippen LogP contribution in [0.25, 0.3) is 0 Å². The molecule has 1 saturated heterocycles. The van der Waals surface area contributed by atoms with Crippen molar-refractivity contribution in [2.24, 2.45) is 11.3 Å². The van der Waals surface area contributed by atoms with Gasteiger partial charge in [0.1, 0.15) is 6.07 Å². The van der Waals surface area contributed by atoms with Crippen molar-refractivity contribution in [3.63, 3.8) is 0 Å². The smallest absolute Gasteiger partial charge is 0.306 e. The Morgan fingerprint density at radius 1 is 1.41 bits per heavy atom. The first kappa shape index (κ1) is 15.3. The van der Waals surface area contributed by atoms with Crippen LogP contribution < -0.4 is 0 Å². The molecular weight excluding hydrogens is 328 g/mol. The topological polar surface area (TPSA) is 98.5 Å². The van der Waals surface area contributed by atoms with Gasteiger partial charge < -0.3 is 5.11 Å². The fourth-order valence-corrected chi connectivity index (χ4v) is 5.04. The van der Waals surface area contributed by atoms with E-state index in [0.717, 1.165) is 0 Å². The molecule has 6 nitrogen and oxygen atoms in total. The Labute approximate surface area is 133 Å². The lowest BCUT2D eigenvalue weighted by Gasteiger charge is -2.57. The van der Waals surface area contributed by atoms with Gasteiger partial charge in [-0.2, -0.15) is 9.57 Å². The third kappa shape index (κ3) is 2.28. The molecule has 1 N–H and O–H groups in total.